The summed E-state index contributed by atoms with van der Waals surface area (Å²) in [6.45, 7) is 3.92. The highest BCUT2D eigenvalue weighted by molar-refractivity contribution is 9.10. The van der Waals surface area contributed by atoms with Crippen LogP contribution >= 0.6 is 15.9 Å². The predicted molar refractivity (Wildman–Crippen MR) is 74.8 cm³/mol. The molecule has 0 saturated carbocycles. The molecular weight excluding hydrogens is 294 g/mol. The molecule has 0 aliphatic carbocycles. The van der Waals surface area contributed by atoms with E-state index in [9.17, 15) is 0 Å². The molecule has 0 atom stereocenters. The van der Waals surface area contributed by atoms with Gasteiger partial charge in [0.05, 0.1) is 10.2 Å². The van der Waals surface area contributed by atoms with Crippen LogP contribution in [0.3, 0.4) is 0 Å². The number of nitrogen functional groups attached to an aromatic ring is 1. The lowest BCUT2D eigenvalue weighted by Crippen LogP contribution is -2.00. The van der Waals surface area contributed by atoms with Gasteiger partial charge in [0.15, 0.2) is 5.75 Å². The van der Waals surface area contributed by atoms with Gasteiger partial charge in [0.2, 0.25) is 5.88 Å². The lowest BCUT2D eigenvalue weighted by atomic mass is 10.3. The second kappa shape index (κ2) is 5.35. The smallest absolute Gasteiger partial charge is 0.222 e. The average Bonchev–Trinajstić information content (AvgIpc) is 2.33. The van der Waals surface area contributed by atoms with Gasteiger partial charge in [-0.1, -0.05) is 13.0 Å². The summed E-state index contributed by atoms with van der Waals surface area (Å²) in [6, 6.07) is 7.31. The molecule has 0 saturated heterocycles. The maximum absolute atomic E-state index is 5.88. The van der Waals surface area contributed by atoms with Crippen molar-refractivity contribution in [1.29, 1.82) is 0 Å². The highest BCUT2D eigenvalue weighted by atomic mass is 79.9. The maximum atomic E-state index is 5.88. The van der Waals surface area contributed by atoms with Crippen molar-refractivity contribution in [3.05, 3.63) is 40.3 Å². The SMILES string of the molecule is CCc1nc(C)cc(Oc2c(N)cccc2Br)n1. The Morgan fingerprint density at radius 1 is 1.33 bits per heavy atom. The number of nitrogens with two attached hydrogens (primary N) is 1. The van der Waals surface area contributed by atoms with Crippen molar-refractivity contribution in [3.63, 3.8) is 0 Å². The number of hydrogen-bond donors (Lipinski definition) is 1. The zero-order valence-corrected chi connectivity index (χ0v) is 11.9. The van der Waals surface area contributed by atoms with E-state index in [1.54, 1.807) is 12.1 Å². The molecule has 18 heavy (non-hydrogen) atoms. The summed E-state index contributed by atoms with van der Waals surface area (Å²) >= 11 is 3.41. The molecular formula is C13H14BrN3O. The van der Waals surface area contributed by atoms with Crippen LogP contribution in [0.2, 0.25) is 0 Å². The van der Waals surface area contributed by atoms with Gasteiger partial charge in [0.25, 0.3) is 0 Å². The molecule has 0 aliphatic heterocycles. The molecule has 0 unspecified atom stereocenters. The standard InChI is InChI=1S/C13H14BrN3O/c1-3-11-16-8(2)7-12(17-11)18-13-9(14)5-4-6-10(13)15/h4-7H,3,15H2,1-2H3. The fourth-order valence-corrected chi connectivity index (χ4v) is 2.01. The van der Waals surface area contributed by atoms with E-state index < -0.39 is 0 Å². The summed E-state index contributed by atoms with van der Waals surface area (Å²) in [7, 11) is 0. The highest BCUT2D eigenvalue weighted by Crippen LogP contribution is 2.34. The minimum atomic E-state index is 0.512. The molecule has 2 N–H and O–H groups in total. The first-order valence-corrected chi connectivity index (χ1v) is 6.46. The molecule has 2 aromatic rings. The molecule has 4 nitrogen and oxygen atoms in total. The summed E-state index contributed by atoms with van der Waals surface area (Å²) in [5.41, 5.74) is 7.32. The molecule has 2 rings (SSSR count). The van der Waals surface area contributed by atoms with Crippen LogP contribution in [0.5, 0.6) is 11.6 Å². The van der Waals surface area contributed by atoms with Crippen molar-refractivity contribution in [1.82, 2.24) is 9.97 Å². The number of benzene rings is 1. The Kier molecular flexibility index (Phi) is 3.81. The van der Waals surface area contributed by atoms with Crippen LogP contribution in [-0.4, -0.2) is 9.97 Å². The number of rotatable bonds is 3. The van der Waals surface area contributed by atoms with Crippen molar-refractivity contribution in [2.24, 2.45) is 0 Å². The van der Waals surface area contributed by atoms with Gasteiger partial charge in [-0.05, 0) is 35.0 Å². The zero-order valence-electron chi connectivity index (χ0n) is 10.3. The lowest BCUT2D eigenvalue weighted by molar-refractivity contribution is 0.457. The molecule has 1 aromatic heterocycles. The third-order valence-electron chi connectivity index (χ3n) is 2.40. The van der Waals surface area contributed by atoms with Crippen LogP contribution in [-0.2, 0) is 6.42 Å². The van der Waals surface area contributed by atoms with Gasteiger partial charge in [-0.2, -0.15) is 4.98 Å². The van der Waals surface area contributed by atoms with Gasteiger partial charge in [-0.25, -0.2) is 4.98 Å². The second-order valence-corrected chi connectivity index (χ2v) is 4.73. The molecule has 0 aliphatic rings. The van der Waals surface area contributed by atoms with Gasteiger partial charge in [0, 0.05) is 18.2 Å². The van der Waals surface area contributed by atoms with E-state index in [4.69, 9.17) is 10.5 Å². The Balaban J connectivity index is 2.37. The number of ether oxygens (including phenoxy) is 1. The largest absolute Gasteiger partial charge is 0.436 e. The Labute approximate surface area is 114 Å². The zero-order chi connectivity index (χ0) is 13.1. The van der Waals surface area contributed by atoms with Crippen molar-refractivity contribution < 1.29 is 4.74 Å². The Bertz CT molecular complexity index is 552. The second-order valence-electron chi connectivity index (χ2n) is 3.88. The van der Waals surface area contributed by atoms with Crippen LogP contribution in [0, 0.1) is 6.92 Å². The summed E-state index contributed by atoms with van der Waals surface area (Å²) in [5.74, 6) is 1.85. The van der Waals surface area contributed by atoms with Crippen LogP contribution in [0.15, 0.2) is 28.7 Å². The minimum Gasteiger partial charge on any atom is -0.436 e. The first-order chi connectivity index (χ1) is 8.60. The van der Waals surface area contributed by atoms with E-state index in [0.29, 0.717) is 17.3 Å². The van der Waals surface area contributed by atoms with Gasteiger partial charge in [-0.15, -0.1) is 0 Å². The number of hydrogen-bond acceptors (Lipinski definition) is 4. The van der Waals surface area contributed by atoms with Crippen LogP contribution in [0.25, 0.3) is 0 Å². The normalized spacial score (nSPS) is 10.4. The molecule has 1 heterocycles. The van der Waals surface area contributed by atoms with E-state index in [1.807, 2.05) is 26.0 Å². The molecule has 0 spiro atoms. The number of aromatic nitrogens is 2. The first-order valence-electron chi connectivity index (χ1n) is 5.66. The summed E-state index contributed by atoms with van der Waals surface area (Å²) in [5, 5.41) is 0. The summed E-state index contributed by atoms with van der Waals surface area (Å²) in [6.07, 6.45) is 0.767. The molecule has 0 bridgehead atoms. The van der Waals surface area contributed by atoms with E-state index in [-0.39, 0.29) is 0 Å². The third kappa shape index (κ3) is 2.79. The van der Waals surface area contributed by atoms with E-state index >= 15 is 0 Å². The molecule has 0 radical (unpaired) electrons. The number of halogens is 1. The van der Waals surface area contributed by atoms with Crippen molar-refractivity contribution in [2.75, 3.05) is 5.73 Å². The molecule has 1 aromatic carbocycles. The van der Waals surface area contributed by atoms with Gasteiger partial charge < -0.3 is 10.5 Å². The van der Waals surface area contributed by atoms with Crippen molar-refractivity contribution in [2.45, 2.75) is 20.3 Å². The molecule has 0 amide bonds. The number of aryl methyl sites for hydroxylation is 2. The van der Waals surface area contributed by atoms with Crippen LogP contribution in [0.1, 0.15) is 18.4 Å². The number of anilines is 1. The minimum absolute atomic E-state index is 0.512. The van der Waals surface area contributed by atoms with Crippen LogP contribution < -0.4 is 10.5 Å². The Morgan fingerprint density at radius 3 is 2.78 bits per heavy atom. The Hall–Kier alpha value is -1.62. The quantitative estimate of drug-likeness (QED) is 0.882. The van der Waals surface area contributed by atoms with Crippen molar-refractivity contribution in [3.8, 4) is 11.6 Å². The topological polar surface area (TPSA) is 61.0 Å². The van der Waals surface area contributed by atoms with Crippen LogP contribution in [0.4, 0.5) is 5.69 Å². The molecule has 0 fully saturated rings. The fraction of sp³-hybridized carbons (Fsp3) is 0.231. The maximum Gasteiger partial charge on any atom is 0.222 e. The summed E-state index contributed by atoms with van der Waals surface area (Å²) in [4.78, 5) is 8.62. The first kappa shape index (κ1) is 12.8. The number of nitrogens with zero attached hydrogens (tertiary/aromatic N) is 2. The van der Waals surface area contributed by atoms with Gasteiger partial charge in [-0.3, -0.25) is 0 Å². The van der Waals surface area contributed by atoms with E-state index in [2.05, 4.69) is 25.9 Å². The Morgan fingerprint density at radius 2 is 2.11 bits per heavy atom. The van der Waals surface area contributed by atoms with E-state index in [1.165, 1.54) is 0 Å². The van der Waals surface area contributed by atoms with Gasteiger partial charge >= 0.3 is 0 Å². The fourth-order valence-electron chi connectivity index (χ4n) is 1.55. The number of para-hydroxylation sites is 1. The molecule has 94 valence electrons. The third-order valence-corrected chi connectivity index (χ3v) is 3.02. The lowest BCUT2D eigenvalue weighted by Gasteiger charge is -2.10. The highest BCUT2D eigenvalue weighted by Gasteiger charge is 2.09. The van der Waals surface area contributed by atoms with Gasteiger partial charge in [0.1, 0.15) is 5.82 Å². The average molecular weight is 308 g/mol. The van der Waals surface area contributed by atoms with Crippen molar-refractivity contribution >= 4 is 21.6 Å². The monoisotopic (exact) mass is 307 g/mol. The molecule has 5 heteroatoms. The summed E-state index contributed by atoms with van der Waals surface area (Å²) < 4.78 is 6.54. The predicted octanol–water partition coefficient (Wildman–Crippen LogP) is 3.48. The van der Waals surface area contributed by atoms with E-state index in [0.717, 1.165) is 22.4 Å².